The Labute approximate surface area is 140 Å². The third kappa shape index (κ3) is 4.32. The summed E-state index contributed by atoms with van der Waals surface area (Å²) in [6.07, 6.45) is -4.16. The van der Waals surface area contributed by atoms with Gasteiger partial charge in [-0.15, -0.1) is 0 Å². The van der Waals surface area contributed by atoms with Crippen LogP contribution in [0.1, 0.15) is 18.1 Å². The van der Waals surface area contributed by atoms with Crippen molar-refractivity contribution in [2.45, 2.75) is 19.5 Å². The molecule has 0 saturated carbocycles. The van der Waals surface area contributed by atoms with E-state index in [9.17, 15) is 32.7 Å². The second kappa shape index (κ2) is 7.16. The molecule has 0 fully saturated rings. The number of alkyl halides is 3. The van der Waals surface area contributed by atoms with E-state index in [1.165, 1.54) is 0 Å². The number of hydrogen-bond donors (Lipinski definition) is 1. The van der Waals surface area contributed by atoms with Crippen LogP contribution in [0.2, 0.25) is 0 Å². The van der Waals surface area contributed by atoms with Crippen molar-refractivity contribution in [3.8, 4) is 11.5 Å². The van der Waals surface area contributed by atoms with Gasteiger partial charge in [-0.1, -0.05) is 6.92 Å². The molecule has 1 atom stereocenters. The van der Waals surface area contributed by atoms with Crippen LogP contribution >= 0.6 is 8.03 Å². The molecule has 6 nitrogen and oxygen atoms in total. The van der Waals surface area contributed by atoms with Gasteiger partial charge in [-0.05, 0) is 35.3 Å². The topological polar surface area (TPSA) is 89.7 Å². The molecule has 0 aliphatic heterocycles. The summed E-state index contributed by atoms with van der Waals surface area (Å²) in [5.74, 6) is 0.135. The monoisotopic (exact) mass is 374 g/mol. The van der Waals surface area contributed by atoms with Crippen LogP contribution in [-0.2, 0) is 17.2 Å². The van der Waals surface area contributed by atoms with Crippen molar-refractivity contribution >= 4 is 19.0 Å². The molecule has 0 amide bonds. The fraction of sp³-hybridized carbons (Fsp3) is 0.200. The number of benzene rings is 2. The SMILES string of the molecule is CCc1cc([N+](=O)[O-])c([P+](=O)O)cc1Oc1ccc(C(F)(F)F)cc1. The van der Waals surface area contributed by atoms with Crippen LogP contribution in [0.25, 0.3) is 0 Å². The Balaban J connectivity index is 2.43. The Hall–Kier alpha value is -2.51. The highest BCUT2D eigenvalue weighted by molar-refractivity contribution is 7.47. The summed E-state index contributed by atoms with van der Waals surface area (Å²) in [6.45, 7) is 1.69. The number of aryl methyl sites for hydroxylation is 1. The molecule has 0 spiro atoms. The van der Waals surface area contributed by atoms with Gasteiger partial charge in [-0.3, -0.25) is 10.1 Å². The molecular formula is C15H12F3NO5P+. The Morgan fingerprint density at radius 2 is 1.84 bits per heavy atom. The van der Waals surface area contributed by atoms with E-state index in [-0.39, 0.29) is 11.5 Å². The van der Waals surface area contributed by atoms with Gasteiger partial charge in [0.15, 0.2) is 0 Å². The molecule has 0 radical (unpaired) electrons. The standard InChI is InChI=1S/C15H11F3NO5P/c1-2-9-7-12(19(20)21)14(25(22)23)8-13(9)24-11-5-3-10(4-6-11)15(16,17)18/h3-8H,2H2,1H3/p+1. The van der Waals surface area contributed by atoms with Crippen LogP contribution in [0.4, 0.5) is 18.9 Å². The molecule has 2 aromatic carbocycles. The Morgan fingerprint density at radius 1 is 1.24 bits per heavy atom. The summed E-state index contributed by atoms with van der Waals surface area (Å²) in [7, 11) is -3.00. The van der Waals surface area contributed by atoms with Crippen LogP contribution in [0, 0.1) is 10.1 Å². The summed E-state index contributed by atoms with van der Waals surface area (Å²) < 4.78 is 54.5. The van der Waals surface area contributed by atoms with E-state index in [1.54, 1.807) is 6.92 Å². The predicted molar refractivity (Wildman–Crippen MR) is 83.5 cm³/mol. The van der Waals surface area contributed by atoms with Gasteiger partial charge in [0.1, 0.15) is 11.5 Å². The average Bonchev–Trinajstić information content (AvgIpc) is 2.53. The van der Waals surface area contributed by atoms with Gasteiger partial charge in [0, 0.05) is 17.7 Å². The molecule has 1 unspecified atom stereocenters. The van der Waals surface area contributed by atoms with Gasteiger partial charge < -0.3 is 4.74 Å². The van der Waals surface area contributed by atoms with Crippen LogP contribution in [0.5, 0.6) is 11.5 Å². The largest absolute Gasteiger partial charge is 0.553 e. The van der Waals surface area contributed by atoms with Gasteiger partial charge in [-0.25, -0.2) is 0 Å². The minimum Gasteiger partial charge on any atom is -0.457 e. The maximum absolute atomic E-state index is 12.6. The van der Waals surface area contributed by atoms with Crippen LogP contribution < -0.4 is 10.0 Å². The summed E-state index contributed by atoms with van der Waals surface area (Å²) in [4.78, 5) is 19.5. The van der Waals surface area contributed by atoms with Gasteiger partial charge in [0.25, 0.3) is 0 Å². The third-order valence-corrected chi connectivity index (χ3v) is 4.12. The molecule has 0 heterocycles. The second-order valence-corrected chi connectivity index (χ2v) is 5.98. The first-order valence-electron chi connectivity index (χ1n) is 6.96. The number of nitro benzene ring substituents is 1. The minimum atomic E-state index is -4.48. The van der Waals surface area contributed by atoms with E-state index >= 15 is 0 Å². The Bertz CT molecular complexity index is 821. The van der Waals surface area contributed by atoms with E-state index in [1.807, 2.05) is 0 Å². The zero-order chi connectivity index (χ0) is 18.8. The van der Waals surface area contributed by atoms with E-state index in [2.05, 4.69) is 0 Å². The third-order valence-electron chi connectivity index (χ3n) is 3.35. The quantitative estimate of drug-likeness (QED) is 0.478. The van der Waals surface area contributed by atoms with Crippen molar-refractivity contribution in [3.63, 3.8) is 0 Å². The van der Waals surface area contributed by atoms with Crippen molar-refractivity contribution in [3.05, 3.63) is 57.6 Å². The molecule has 0 aromatic heterocycles. The van der Waals surface area contributed by atoms with E-state index in [0.29, 0.717) is 12.0 Å². The fourth-order valence-electron chi connectivity index (χ4n) is 2.11. The lowest BCUT2D eigenvalue weighted by molar-refractivity contribution is -0.383. The van der Waals surface area contributed by atoms with Gasteiger partial charge >= 0.3 is 25.2 Å². The van der Waals surface area contributed by atoms with Crippen molar-refractivity contribution < 1.29 is 32.3 Å². The highest BCUT2D eigenvalue weighted by Crippen LogP contribution is 2.34. The van der Waals surface area contributed by atoms with Crippen molar-refractivity contribution in [1.82, 2.24) is 0 Å². The van der Waals surface area contributed by atoms with Crippen molar-refractivity contribution in [2.24, 2.45) is 0 Å². The molecule has 10 heteroatoms. The molecular weight excluding hydrogens is 362 g/mol. The summed E-state index contributed by atoms with van der Waals surface area (Å²) >= 11 is 0. The Kier molecular flexibility index (Phi) is 5.39. The lowest BCUT2D eigenvalue weighted by Gasteiger charge is -2.11. The number of rotatable bonds is 5. The first-order valence-corrected chi connectivity index (χ1v) is 8.17. The predicted octanol–water partition coefficient (Wildman–Crippen LogP) is 4.33. The highest BCUT2D eigenvalue weighted by atomic mass is 31.1. The molecule has 0 aliphatic carbocycles. The zero-order valence-corrected chi connectivity index (χ0v) is 13.7. The van der Waals surface area contributed by atoms with Crippen LogP contribution in [-0.4, -0.2) is 9.82 Å². The maximum atomic E-state index is 12.6. The number of nitro groups is 1. The molecule has 0 bridgehead atoms. The van der Waals surface area contributed by atoms with Gasteiger partial charge in [-0.2, -0.15) is 18.1 Å². The molecule has 0 saturated heterocycles. The number of halogens is 3. The summed E-state index contributed by atoms with van der Waals surface area (Å²) in [6, 6.07) is 6.05. The number of nitrogens with zero attached hydrogens (tertiary/aromatic N) is 1. The van der Waals surface area contributed by atoms with E-state index in [0.717, 1.165) is 36.4 Å². The van der Waals surface area contributed by atoms with Crippen LogP contribution in [0.3, 0.4) is 0 Å². The average molecular weight is 374 g/mol. The lowest BCUT2D eigenvalue weighted by Crippen LogP contribution is -2.08. The normalized spacial score (nSPS) is 12.0. The molecule has 2 rings (SSSR count). The smallest absolute Gasteiger partial charge is 0.457 e. The molecule has 25 heavy (non-hydrogen) atoms. The molecule has 1 N–H and O–H groups in total. The first-order chi connectivity index (χ1) is 11.6. The van der Waals surface area contributed by atoms with E-state index in [4.69, 9.17) is 4.74 Å². The van der Waals surface area contributed by atoms with Crippen molar-refractivity contribution in [2.75, 3.05) is 0 Å². The molecule has 132 valence electrons. The number of ether oxygens (including phenoxy) is 1. The second-order valence-electron chi connectivity index (χ2n) is 4.96. The molecule has 2 aromatic rings. The highest BCUT2D eigenvalue weighted by Gasteiger charge is 2.33. The van der Waals surface area contributed by atoms with Gasteiger partial charge in [0.2, 0.25) is 0 Å². The zero-order valence-electron chi connectivity index (χ0n) is 12.8. The van der Waals surface area contributed by atoms with Crippen molar-refractivity contribution in [1.29, 1.82) is 0 Å². The van der Waals surface area contributed by atoms with Crippen LogP contribution in [0.15, 0.2) is 36.4 Å². The lowest BCUT2D eigenvalue weighted by atomic mass is 10.1. The minimum absolute atomic E-state index is 0.0654. The Morgan fingerprint density at radius 3 is 2.28 bits per heavy atom. The first kappa shape index (κ1) is 18.8. The number of hydrogen-bond acceptors (Lipinski definition) is 4. The fourth-order valence-corrected chi connectivity index (χ4v) is 2.68. The molecule has 0 aliphatic rings. The maximum Gasteiger partial charge on any atom is 0.553 e. The summed E-state index contributed by atoms with van der Waals surface area (Å²) in [5, 5.41) is 10.6. The summed E-state index contributed by atoms with van der Waals surface area (Å²) in [5.41, 5.74) is -0.981. The van der Waals surface area contributed by atoms with E-state index < -0.39 is 35.7 Å². The van der Waals surface area contributed by atoms with Gasteiger partial charge in [0.05, 0.1) is 10.5 Å².